The molecule has 0 spiro atoms. The molecule has 0 heterocycles. The van der Waals surface area contributed by atoms with E-state index in [0.717, 1.165) is 28.0 Å². The van der Waals surface area contributed by atoms with E-state index in [9.17, 15) is 4.79 Å². The minimum absolute atomic E-state index is 0.320. The van der Waals surface area contributed by atoms with Crippen LogP contribution in [0, 0.1) is 0 Å². The largest absolute Gasteiger partial charge is 0.496 e. The van der Waals surface area contributed by atoms with E-state index in [2.05, 4.69) is 0 Å². The molecule has 0 atom stereocenters. The zero-order valence-electron chi connectivity index (χ0n) is 10.8. The summed E-state index contributed by atoms with van der Waals surface area (Å²) in [6, 6.07) is 5.84. The van der Waals surface area contributed by atoms with E-state index < -0.39 is 0 Å². The van der Waals surface area contributed by atoms with Gasteiger partial charge in [0.25, 0.3) is 0 Å². The summed E-state index contributed by atoms with van der Waals surface area (Å²) in [5.41, 5.74) is 3.96. The average molecular weight is 244 g/mol. The maximum Gasteiger partial charge on any atom is 0.331 e. The number of benzene rings is 1. The van der Waals surface area contributed by atoms with Gasteiger partial charge in [-0.25, -0.2) is 4.79 Å². The number of carbonyl (C=O) groups is 1. The van der Waals surface area contributed by atoms with Gasteiger partial charge in [0.2, 0.25) is 0 Å². The zero-order valence-corrected chi connectivity index (χ0v) is 10.8. The Morgan fingerprint density at radius 3 is 2.83 bits per heavy atom. The Kier molecular flexibility index (Phi) is 3.51. The lowest BCUT2D eigenvalue weighted by atomic mass is 10.0. The summed E-state index contributed by atoms with van der Waals surface area (Å²) < 4.78 is 10.3. The molecule has 0 bridgehead atoms. The highest BCUT2D eigenvalue weighted by molar-refractivity contribution is 6.03. The molecule has 0 saturated carbocycles. The molecular weight excluding hydrogens is 228 g/mol. The number of methoxy groups -OCH3 is 1. The summed E-state index contributed by atoms with van der Waals surface area (Å²) in [4.78, 5) is 11.6. The van der Waals surface area contributed by atoms with Crippen LogP contribution >= 0.6 is 0 Å². The molecule has 0 fully saturated rings. The summed E-state index contributed by atoms with van der Waals surface area (Å²) in [6.45, 7) is 4.15. The van der Waals surface area contributed by atoms with Crippen LogP contribution in [-0.4, -0.2) is 19.7 Å². The van der Waals surface area contributed by atoms with E-state index in [1.165, 1.54) is 6.08 Å². The smallest absolute Gasteiger partial charge is 0.331 e. The van der Waals surface area contributed by atoms with Gasteiger partial charge in [-0.1, -0.05) is 18.2 Å². The van der Waals surface area contributed by atoms with Crippen LogP contribution in [0.3, 0.4) is 0 Å². The van der Waals surface area contributed by atoms with Crippen LogP contribution in [0.15, 0.2) is 29.8 Å². The number of fused-ring (bicyclic) bond motifs is 1. The molecule has 2 rings (SSSR count). The number of esters is 1. The summed E-state index contributed by atoms with van der Waals surface area (Å²) in [6.07, 6.45) is 3.58. The molecule has 0 N–H and O–H groups in total. The maximum absolute atomic E-state index is 11.6. The van der Waals surface area contributed by atoms with Crippen molar-refractivity contribution in [3.8, 4) is 5.75 Å². The van der Waals surface area contributed by atoms with Gasteiger partial charge in [-0.3, -0.25) is 0 Å². The van der Waals surface area contributed by atoms with Crippen LogP contribution < -0.4 is 4.74 Å². The fourth-order valence-corrected chi connectivity index (χ4v) is 2.12. The van der Waals surface area contributed by atoms with E-state index in [1.54, 1.807) is 14.0 Å². The standard InChI is InChI=1S/C15H16O3/c1-4-18-14(16)9-12-10(2)8-11-6-5-7-13(17-3)15(11)12/h5-9H,4H2,1-3H3. The Morgan fingerprint density at radius 2 is 2.17 bits per heavy atom. The summed E-state index contributed by atoms with van der Waals surface area (Å²) >= 11 is 0. The Labute approximate surface area is 107 Å². The number of rotatable bonds is 3. The van der Waals surface area contributed by atoms with Gasteiger partial charge >= 0.3 is 5.97 Å². The van der Waals surface area contributed by atoms with E-state index in [0.29, 0.717) is 6.61 Å². The maximum atomic E-state index is 11.6. The fraction of sp³-hybridized carbons (Fsp3) is 0.267. The number of hydrogen-bond acceptors (Lipinski definition) is 3. The molecule has 0 radical (unpaired) electrons. The molecule has 0 unspecified atom stereocenters. The van der Waals surface area contributed by atoms with Crippen molar-refractivity contribution in [2.75, 3.05) is 13.7 Å². The number of carbonyl (C=O) groups excluding carboxylic acids is 1. The SMILES string of the molecule is CCOC(=O)C=C1C(C)=Cc2cccc(OC)c21. The van der Waals surface area contributed by atoms with Gasteiger partial charge in [0, 0.05) is 11.6 Å². The van der Waals surface area contributed by atoms with Gasteiger partial charge < -0.3 is 9.47 Å². The molecule has 1 aromatic carbocycles. The van der Waals surface area contributed by atoms with Gasteiger partial charge in [-0.05, 0) is 36.6 Å². The molecule has 1 aliphatic rings. The van der Waals surface area contributed by atoms with Crippen molar-refractivity contribution in [3.63, 3.8) is 0 Å². The molecule has 1 aliphatic carbocycles. The monoisotopic (exact) mass is 244 g/mol. The Morgan fingerprint density at radius 1 is 1.39 bits per heavy atom. The van der Waals surface area contributed by atoms with Crippen LogP contribution in [-0.2, 0) is 9.53 Å². The van der Waals surface area contributed by atoms with Gasteiger partial charge in [0.15, 0.2) is 0 Å². The molecule has 0 saturated heterocycles. The first-order chi connectivity index (χ1) is 8.67. The van der Waals surface area contributed by atoms with Crippen LogP contribution in [0.5, 0.6) is 5.75 Å². The molecule has 0 amide bonds. The third-order valence-electron chi connectivity index (χ3n) is 2.89. The van der Waals surface area contributed by atoms with Gasteiger partial charge in [0.1, 0.15) is 5.75 Å². The van der Waals surface area contributed by atoms with Crippen molar-refractivity contribution < 1.29 is 14.3 Å². The fourth-order valence-electron chi connectivity index (χ4n) is 2.12. The second kappa shape index (κ2) is 5.08. The lowest BCUT2D eigenvalue weighted by Crippen LogP contribution is -2.01. The van der Waals surface area contributed by atoms with Crippen molar-refractivity contribution in [1.29, 1.82) is 0 Å². The normalized spacial score (nSPS) is 15.3. The minimum Gasteiger partial charge on any atom is -0.496 e. The molecule has 1 aromatic rings. The van der Waals surface area contributed by atoms with E-state index in [-0.39, 0.29) is 5.97 Å². The average Bonchev–Trinajstić information content (AvgIpc) is 2.66. The first-order valence-electron chi connectivity index (χ1n) is 5.92. The lowest BCUT2D eigenvalue weighted by Gasteiger charge is -2.09. The van der Waals surface area contributed by atoms with E-state index in [1.807, 2.05) is 31.2 Å². The Hall–Kier alpha value is -2.03. The number of hydrogen-bond donors (Lipinski definition) is 0. The zero-order chi connectivity index (χ0) is 13.1. The van der Waals surface area contributed by atoms with Gasteiger partial charge in [-0.2, -0.15) is 0 Å². The van der Waals surface area contributed by atoms with E-state index in [4.69, 9.17) is 9.47 Å². The first-order valence-corrected chi connectivity index (χ1v) is 5.92. The number of allylic oxidation sites excluding steroid dienone is 2. The molecular formula is C15H16O3. The topological polar surface area (TPSA) is 35.5 Å². The van der Waals surface area contributed by atoms with Crippen molar-refractivity contribution in [2.24, 2.45) is 0 Å². The molecule has 18 heavy (non-hydrogen) atoms. The Balaban J connectivity index is 2.47. The number of ether oxygens (including phenoxy) is 2. The summed E-state index contributed by atoms with van der Waals surface area (Å²) in [5, 5.41) is 0. The third kappa shape index (κ3) is 2.16. The quantitative estimate of drug-likeness (QED) is 0.605. The minimum atomic E-state index is -0.320. The lowest BCUT2D eigenvalue weighted by molar-refractivity contribution is -0.137. The van der Waals surface area contributed by atoms with Gasteiger partial charge in [0.05, 0.1) is 13.7 Å². The molecule has 94 valence electrons. The van der Waals surface area contributed by atoms with Crippen LogP contribution in [0.4, 0.5) is 0 Å². The predicted octanol–water partition coefficient (Wildman–Crippen LogP) is 3.06. The third-order valence-corrected chi connectivity index (χ3v) is 2.89. The van der Waals surface area contributed by atoms with Crippen LogP contribution in [0.1, 0.15) is 25.0 Å². The second-order valence-electron chi connectivity index (χ2n) is 4.06. The highest BCUT2D eigenvalue weighted by Gasteiger charge is 2.21. The van der Waals surface area contributed by atoms with Crippen molar-refractivity contribution in [2.45, 2.75) is 13.8 Å². The molecule has 3 nitrogen and oxygen atoms in total. The van der Waals surface area contributed by atoms with E-state index >= 15 is 0 Å². The van der Waals surface area contributed by atoms with Crippen LogP contribution in [0.2, 0.25) is 0 Å². The van der Waals surface area contributed by atoms with Gasteiger partial charge in [-0.15, -0.1) is 0 Å². The molecule has 3 heteroatoms. The Bertz CT molecular complexity index is 539. The molecule has 0 aromatic heterocycles. The highest BCUT2D eigenvalue weighted by Crippen LogP contribution is 2.40. The first kappa shape index (κ1) is 12.4. The van der Waals surface area contributed by atoms with Crippen molar-refractivity contribution >= 4 is 17.6 Å². The predicted molar refractivity (Wildman–Crippen MR) is 71.3 cm³/mol. The highest BCUT2D eigenvalue weighted by atomic mass is 16.5. The summed E-state index contributed by atoms with van der Waals surface area (Å²) in [7, 11) is 1.63. The summed E-state index contributed by atoms with van der Waals surface area (Å²) in [5.74, 6) is 0.454. The van der Waals surface area contributed by atoms with Crippen LogP contribution in [0.25, 0.3) is 11.6 Å². The van der Waals surface area contributed by atoms with Crippen molar-refractivity contribution in [1.82, 2.24) is 0 Å². The van der Waals surface area contributed by atoms with Crippen molar-refractivity contribution in [3.05, 3.63) is 41.0 Å². The molecule has 0 aliphatic heterocycles. The second-order valence-corrected chi connectivity index (χ2v) is 4.06.